The monoisotopic (exact) mass is 478 g/mol. The minimum atomic E-state index is -0.133. The number of allylic oxidation sites excluding steroid dienone is 8. The van der Waals surface area contributed by atoms with Crippen LogP contribution in [0.3, 0.4) is 0 Å². The fraction of sp³-hybridized carbons (Fsp3) is 0.438. The first-order chi connectivity index (χ1) is 9.13. The van der Waals surface area contributed by atoms with Gasteiger partial charge in [-0.05, 0) is 0 Å². The fourth-order valence-electron chi connectivity index (χ4n) is 1.18. The van der Waals surface area contributed by atoms with Gasteiger partial charge in [0.25, 0.3) is 0 Å². The molecule has 1 nitrogen and oxygen atoms in total. The number of rotatable bonds is 0. The van der Waals surface area contributed by atoms with Gasteiger partial charge in [-0.2, -0.15) is 12.2 Å². The van der Waals surface area contributed by atoms with Crippen molar-refractivity contribution in [2.75, 3.05) is 7.11 Å². The van der Waals surface area contributed by atoms with Crippen LogP contribution in [0.5, 0.6) is 0 Å². The molecule has 0 aromatic heterocycles. The maximum atomic E-state index is 7.00. The summed E-state index contributed by atoms with van der Waals surface area (Å²) in [5, 5.41) is 7.00. The second-order valence-corrected chi connectivity index (χ2v) is 23.4. The minimum Gasteiger partial charge on any atom is -0.273 e. The Balaban J connectivity index is -0.000000201. The van der Waals surface area contributed by atoms with Gasteiger partial charge in [-0.1, -0.05) is 0 Å². The van der Waals surface area contributed by atoms with E-state index in [1.807, 2.05) is 24.3 Å². The number of halogens is 1. The molecule has 0 saturated heterocycles. The van der Waals surface area contributed by atoms with E-state index in [2.05, 4.69) is 51.2 Å². The molecule has 0 heterocycles. The van der Waals surface area contributed by atoms with Crippen molar-refractivity contribution in [1.82, 2.24) is 0 Å². The van der Waals surface area contributed by atoms with Crippen LogP contribution in [-0.2, 0) is 21.0 Å². The van der Waals surface area contributed by atoms with Gasteiger partial charge in [0.1, 0.15) is 0 Å². The molecular formula is C16H27ClHfOSi-2. The van der Waals surface area contributed by atoms with Crippen molar-refractivity contribution >= 4 is 21.2 Å². The van der Waals surface area contributed by atoms with E-state index in [9.17, 15) is 0 Å². The predicted molar refractivity (Wildman–Crippen MR) is 92.4 cm³/mol. The van der Waals surface area contributed by atoms with Crippen molar-refractivity contribution < 1.29 is 26.2 Å². The Morgan fingerprint density at radius 1 is 1.00 bits per heavy atom. The van der Waals surface area contributed by atoms with Crippen molar-refractivity contribution in [3.8, 4) is 0 Å². The van der Waals surface area contributed by atoms with Crippen LogP contribution < -0.4 is 0 Å². The Morgan fingerprint density at radius 2 is 1.40 bits per heavy atom. The maximum absolute atomic E-state index is 7.00. The zero-order chi connectivity index (χ0) is 14.9. The average Bonchev–Trinajstić information content (AvgIpc) is 3.09. The van der Waals surface area contributed by atoms with Crippen LogP contribution in [0.1, 0.15) is 26.7 Å². The van der Waals surface area contributed by atoms with Crippen LogP contribution in [0.15, 0.2) is 36.5 Å². The van der Waals surface area contributed by atoms with Crippen LogP contribution in [0, 0.1) is 12.2 Å². The zero-order valence-electron chi connectivity index (χ0n) is 13.2. The molecule has 2 aliphatic carbocycles. The van der Waals surface area contributed by atoms with Crippen LogP contribution >= 0.6 is 12.4 Å². The van der Waals surface area contributed by atoms with E-state index in [1.54, 1.807) is 3.26 Å². The summed E-state index contributed by atoms with van der Waals surface area (Å²) >= 11 is -0.133. The summed E-state index contributed by atoms with van der Waals surface area (Å²) in [5.41, 5.74) is 0.223. The topological polar surface area (TPSA) is 20.2 Å². The minimum absolute atomic E-state index is 0. The van der Waals surface area contributed by atoms with Gasteiger partial charge in [0, 0.05) is 7.11 Å². The molecule has 0 saturated carbocycles. The van der Waals surface area contributed by atoms with Crippen molar-refractivity contribution in [2.24, 2.45) is 0 Å². The quantitative estimate of drug-likeness (QED) is 0.410. The van der Waals surface area contributed by atoms with Gasteiger partial charge in [-0.25, -0.2) is 24.3 Å². The molecule has 0 fully saturated rings. The molecule has 2 aliphatic rings. The molecule has 114 valence electrons. The van der Waals surface area contributed by atoms with E-state index in [0.29, 0.717) is 0 Å². The second kappa shape index (κ2) is 21.5. The molecule has 4 heteroatoms. The largest absolute Gasteiger partial charge is 0.273 e. The van der Waals surface area contributed by atoms with E-state index in [-0.39, 0.29) is 39.0 Å². The summed E-state index contributed by atoms with van der Waals surface area (Å²) in [6.45, 7) is 9.45. The van der Waals surface area contributed by atoms with Crippen molar-refractivity contribution in [3.63, 3.8) is 0 Å². The first-order valence-electron chi connectivity index (χ1n) is 6.38. The number of hydrogen-bond donors (Lipinski definition) is 1. The molecule has 0 aromatic carbocycles. The maximum Gasteiger partial charge on any atom is -0.109 e. The molecule has 0 radical (unpaired) electrons. The van der Waals surface area contributed by atoms with Gasteiger partial charge < -0.3 is 5.11 Å². The molecule has 0 aliphatic heterocycles. The summed E-state index contributed by atoms with van der Waals surface area (Å²) < 4.78 is 1.78. The Hall–Kier alpha value is 0.167. The van der Waals surface area contributed by atoms with Gasteiger partial charge in [-0.15, -0.1) is 25.2 Å². The van der Waals surface area contributed by atoms with Crippen molar-refractivity contribution in [1.29, 1.82) is 0 Å². The van der Waals surface area contributed by atoms with Crippen molar-refractivity contribution in [2.45, 2.75) is 39.8 Å². The van der Waals surface area contributed by atoms with Gasteiger partial charge in [0.15, 0.2) is 0 Å². The second-order valence-electron chi connectivity index (χ2n) is 4.13. The van der Waals surface area contributed by atoms with Gasteiger partial charge in [0.2, 0.25) is 0 Å². The molecule has 0 atom stereocenters. The molecule has 0 unspecified atom stereocenters. The average molecular weight is 477 g/mol. The van der Waals surface area contributed by atoms with E-state index < -0.39 is 0 Å². The normalized spacial score (nSPS) is 11.7. The summed E-state index contributed by atoms with van der Waals surface area (Å²) in [6.07, 6.45) is 20.0. The van der Waals surface area contributed by atoms with Gasteiger partial charge in [-0.3, -0.25) is 12.2 Å². The number of aliphatic hydroxyl groups excluding tert-OH is 1. The molecular weight excluding hydrogens is 450 g/mol. The summed E-state index contributed by atoms with van der Waals surface area (Å²) in [4.78, 5) is 0. The third-order valence-electron chi connectivity index (χ3n) is 1.67. The molecule has 0 spiro atoms. The first kappa shape index (κ1) is 25.1. The standard InChI is InChI=1S/2C5H5.C3H6.C2H6Si.CH4O.ClH.Hf/c2*1-2-4-5-3-1;2*1-3-2;1-2;;/h2*1-3H,4H2;2*1-2H3;2H,1H3;1H;/q2*-1;;;;;. The SMILES string of the molecule is CO.C[C](C)=[Hf]=[Si](C)C.Cl.[C-]1=CC=CC1.[C-]1=CC=CC1. The Kier molecular flexibility index (Phi) is 27.0. The van der Waals surface area contributed by atoms with E-state index >= 15 is 0 Å². The Bertz CT molecular complexity index is 327. The van der Waals surface area contributed by atoms with E-state index in [4.69, 9.17) is 5.11 Å². The molecule has 2 rings (SSSR count). The van der Waals surface area contributed by atoms with Crippen molar-refractivity contribution in [3.05, 3.63) is 48.6 Å². The van der Waals surface area contributed by atoms with Crippen LogP contribution in [0.4, 0.5) is 0 Å². The van der Waals surface area contributed by atoms with Crippen LogP contribution in [0.25, 0.3) is 0 Å². The Labute approximate surface area is 142 Å². The van der Waals surface area contributed by atoms with Gasteiger partial charge in [0.05, 0.1) is 0 Å². The van der Waals surface area contributed by atoms with Gasteiger partial charge >= 0.3 is 56.7 Å². The zero-order valence-corrected chi connectivity index (χ0v) is 18.6. The van der Waals surface area contributed by atoms with E-state index in [1.165, 1.54) is 0 Å². The molecule has 1 N–H and O–H groups in total. The fourth-order valence-corrected chi connectivity index (χ4v) is 13.0. The number of aliphatic hydroxyl groups is 1. The third kappa shape index (κ3) is 26.7. The molecule has 0 amide bonds. The Morgan fingerprint density at radius 3 is 1.45 bits per heavy atom. The molecule has 0 aromatic rings. The third-order valence-corrected chi connectivity index (χ3v) is 13.4. The van der Waals surface area contributed by atoms with Crippen LogP contribution in [0.2, 0.25) is 13.1 Å². The first-order valence-corrected chi connectivity index (χ1v) is 16.1. The molecule has 0 bridgehead atoms. The summed E-state index contributed by atoms with van der Waals surface area (Å²) in [5.74, 6) is 0. The summed E-state index contributed by atoms with van der Waals surface area (Å²) in [6, 6.07) is 0. The molecule has 20 heavy (non-hydrogen) atoms. The smallest absolute Gasteiger partial charge is 0.109 e. The summed E-state index contributed by atoms with van der Waals surface area (Å²) in [7, 11) is 1.00. The number of hydrogen-bond acceptors (Lipinski definition) is 1. The van der Waals surface area contributed by atoms with E-state index in [0.717, 1.165) is 20.0 Å². The predicted octanol–water partition coefficient (Wildman–Crippen LogP) is 4.17. The van der Waals surface area contributed by atoms with Crippen LogP contribution in [-0.4, -0.2) is 21.0 Å².